The maximum atomic E-state index is 14.0. The van der Waals surface area contributed by atoms with Crippen molar-refractivity contribution in [2.24, 2.45) is 0 Å². The summed E-state index contributed by atoms with van der Waals surface area (Å²) < 4.78 is 1.75. The van der Waals surface area contributed by atoms with Crippen LogP contribution in [0.5, 0.6) is 0 Å². The van der Waals surface area contributed by atoms with Gasteiger partial charge in [0.1, 0.15) is 23.5 Å². The Morgan fingerprint density at radius 2 is 1.90 bits per heavy atom. The zero-order valence-corrected chi connectivity index (χ0v) is 22.3. The molecule has 0 N–H and O–H groups in total. The average Bonchev–Trinajstić information content (AvgIpc) is 3.66. The topological polar surface area (TPSA) is 115 Å². The van der Waals surface area contributed by atoms with Gasteiger partial charge in [-0.05, 0) is 36.6 Å². The lowest BCUT2D eigenvalue weighted by Gasteiger charge is -2.34. The van der Waals surface area contributed by atoms with Crippen LogP contribution >= 0.6 is 0 Å². The highest BCUT2D eigenvalue weighted by molar-refractivity contribution is 6.22. The van der Waals surface area contributed by atoms with Gasteiger partial charge in [0, 0.05) is 12.0 Å². The van der Waals surface area contributed by atoms with Gasteiger partial charge in [0.2, 0.25) is 0 Å². The quantitative estimate of drug-likeness (QED) is 0.485. The molecule has 10 nitrogen and oxygen atoms in total. The first kappa shape index (κ1) is 24.8. The molecular weight excluding hydrogens is 494 g/mol. The van der Waals surface area contributed by atoms with Crippen molar-refractivity contribution in [2.75, 3.05) is 11.4 Å². The number of hydrogen-bond acceptors (Lipinski definition) is 6. The lowest BCUT2D eigenvalue weighted by Crippen LogP contribution is -2.55. The molecular formula is C29H29N7O3. The molecule has 3 aromatic rings. The van der Waals surface area contributed by atoms with Crippen molar-refractivity contribution < 1.29 is 14.4 Å². The Bertz CT molecular complexity index is 1550. The van der Waals surface area contributed by atoms with E-state index in [1.807, 2.05) is 42.5 Å². The van der Waals surface area contributed by atoms with Crippen LogP contribution in [0.1, 0.15) is 60.2 Å². The van der Waals surface area contributed by atoms with E-state index >= 15 is 0 Å². The third-order valence-corrected chi connectivity index (χ3v) is 7.90. The normalized spacial score (nSPS) is 22.0. The van der Waals surface area contributed by atoms with E-state index in [-0.39, 0.29) is 29.0 Å². The summed E-state index contributed by atoms with van der Waals surface area (Å²) in [4.78, 5) is 49.6. The molecule has 3 aliphatic rings. The van der Waals surface area contributed by atoms with Crippen molar-refractivity contribution in [3.63, 3.8) is 0 Å². The molecule has 0 radical (unpaired) electrons. The van der Waals surface area contributed by atoms with Gasteiger partial charge in [-0.2, -0.15) is 10.4 Å². The van der Waals surface area contributed by atoms with Gasteiger partial charge in [0.15, 0.2) is 0 Å². The maximum absolute atomic E-state index is 14.0. The van der Waals surface area contributed by atoms with Crippen molar-refractivity contribution in [3.8, 4) is 6.07 Å². The van der Waals surface area contributed by atoms with Crippen molar-refractivity contribution in [3.05, 3.63) is 76.9 Å². The number of nitriles is 1. The Kier molecular flexibility index (Phi) is 5.57. The summed E-state index contributed by atoms with van der Waals surface area (Å²) in [5.74, 6) is -0.556. The molecule has 0 aliphatic carbocycles. The van der Waals surface area contributed by atoms with Gasteiger partial charge in [0.05, 0.1) is 36.2 Å². The minimum atomic E-state index is -0.747. The number of pyridine rings is 1. The lowest BCUT2D eigenvalue weighted by molar-refractivity contribution is -0.121. The predicted octanol–water partition coefficient (Wildman–Crippen LogP) is 3.24. The van der Waals surface area contributed by atoms with E-state index in [9.17, 15) is 19.6 Å². The first-order chi connectivity index (χ1) is 18.6. The van der Waals surface area contributed by atoms with E-state index in [1.54, 1.807) is 27.5 Å². The van der Waals surface area contributed by atoms with E-state index in [0.29, 0.717) is 36.5 Å². The molecule has 2 aromatic heterocycles. The summed E-state index contributed by atoms with van der Waals surface area (Å²) >= 11 is 0. The smallest absolute Gasteiger partial charge is 0.330 e. The number of urea groups is 1. The van der Waals surface area contributed by atoms with Gasteiger partial charge < -0.3 is 9.80 Å². The molecule has 4 amide bonds. The Balaban J connectivity index is 1.30. The van der Waals surface area contributed by atoms with Gasteiger partial charge in [-0.25, -0.2) is 14.7 Å². The highest BCUT2D eigenvalue weighted by atomic mass is 16.2. The SMILES string of the molecule is Cc1cc(N2C(=O)[C@@H]3C4CC(CN4C(=O)c4cc(C(C)(C)C)nn4Cc4ccccc4)N3C2=O)cnc1C#N. The van der Waals surface area contributed by atoms with Crippen LogP contribution in [0, 0.1) is 18.3 Å². The summed E-state index contributed by atoms with van der Waals surface area (Å²) in [5, 5.41) is 14.0. The second-order valence-electron chi connectivity index (χ2n) is 11.5. The molecule has 198 valence electrons. The molecule has 2 bridgehead atoms. The standard InChI is InChI=1S/C29H29N7O3/c1-17-10-19(14-31-21(17)13-30)36-27(38)25-22-11-20(35(25)28(36)39)16-33(22)26(37)23-12-24(29(2,3)4)32-34(23)15-18-8-6-5-7-9-18/h5-10,12,14,20,22,25H,11,15-16H2,1-4H3/t20?,22?,25-/m0/s1. The first-order valence-corrected chi connectivity index (χ1v) is 13.0. The molecule has 3 aliphatic heterocycles. The summed E-state index contributed by atoms with van der Waals surface area (Å²) in [6.45, 7) is 8.70. The van der Waals surface area contributed by atoms with Gasteiger partial charge in [0.25, 0.3) is 11.8 Å². The number of aromatic nitrogens is 3. The van der Waals surface area contributed by atoms with E-state index in [4.69, 9.17) is 5.10 Å². The van der Waals surface area contributed by atoms with Crippen LogP contribution < -0.4 is 4.90 Å². The third-order valence-electron chi connectivity index (χ3n) is 7.90. The second-order valence-corrected chi connectivity index (χ2v) is 11.5. The first-order valence-electron chi connectivity index (χ1n) is 13.0. The van der Waals surface area contributed by atoms with Gasteiger partial charge >= 0.3 is 6.03 Å². The number of carbonyl (C=O) groups excluding carboxylic acids is 3. The number of likely N-dealkylation sites (tertiary alicyclic amines) is 1. The highest BCUT2D eigenvalue weighted by Gasteiger charge is 2.63. The van der Waals surface area contributed by atoms with Crippen molar-refractivity contribution in [2.45, 2.75) is 64.2 Å². The number of benzene rings is 1. The van der Waals surface area contributed by atoms with Crippen LogP contribution in [0.4, 0.5) is 10.5 Å². The number of piperazine rings is 1. The Morgan fingerprint density at radius 3 is 2.56 bits per heavy atom. The molecule has 6 rings (SSSR count). The van der Waals surface area contributed by atoms with Crippen LogP contribution in [0.15, 0.2) is 48.7 Å². The molecule has 2 unspecified atom stereocenters. The van der Waals surface area contributed by atoms with Gasteiger partial charge in [-0.15, -0.1) is 0 Å². The van der Waals surface area contributed by atoms with E-state index in [2.05, 4.69) is 25.8 Å². The molecule has 0 spiro atoms. The zero-order chi connectivity index (χ0) is 27.6. The minimum absolute atomic E-state index is 0.185. The van der Waals surface area contributed by atoms with Crippen molar-refractivity contribution in [1.29, 1.82) is 5.26 Å². The molecule has 3 fully saturated rings. The number of nitrogens with zero attached hydrogens (tertiary/aromatic N) is 7. The molecule has 0 saturated carbocycles. The molecule has 5 heterocycles. The number of fused-ring (bicyclic) bond motifs is 5. The molecule has 39 heavy (non-hydrogen) atoms. The van der Waals surface area contributed by atoms with Gasteiger partial charge in [-0.3, -0.25) is 14.3 Å². The number of amides is 4. The van der Waals surface area contributed by atoms with Crippen molar-refractivity contribution >= 4 is 23.5 Å². The molecule has 1 aromatic carbocycles. The zero-order valence-electron chi connectivity index (χ0n) is 22.3. The monoisotopic (exact) mass is 523 g/mol. The number of carbonyl (C=O) groups is 3. The minimum Gasteiger partial charge on any atom is -0.330 e. The van der Waals surface area contributed by atoms with Crippen LogP contribution in [-0.2, 0) is 16.8 Å². The number of rotatable bonds is 4. The number of hydrogen-bond donors (Lipinski definition) is 0. The largest absolute Gasteiger partial charge is 0.332 e. The fourth-order valence-corrected chi connectivity index (χ4v) is 5.91. The Hall–Kier alpha value is -4.52. The maximum Gasteiger partial charge on any atom is 0.332 e. The van der Waals surface area contributed by atoms with Crippen LogP contribution in [0.3, 0.4) is 0 Å². The number of imide groups is 1. The molecule has 3 atom stereocenters. The molecule has 10 heteroatoms. The van der Waals surface area contributed by atoms with Gasteiger partial charge in [-0.1, -0.05) is 51.1 Å². The van der Waals surface area contributed by atoms with Crippen molar-refractivity contribution in [1.82, 2.24) is 24.6 Å². The Labute approximate surface area is 226 Å². The summed E-state index contributed by atoms with van der Waals surface area (Å²) in [6.07, 6.45) is 1.94. The van der Waals surface area contributed by atoms with Crippen LogP contribution in [0.25, 0.3) is 0 Å². The number of aryl methyl sites for hydroxylation is 1. The predicted molar refractivity (Wildman–Crippen MR) is 142 cm³/mol. The molecule has 3 saturated heterocycles. The summed E-state index contributed by atoms with van der Waals surface area (Å²) in [7, 11) is 0. The number of anilines is 1. The average molecular weight is 524 g/mol. The van der Waals surface area contributed by atoms with E-state index in [1.165, 1.54) is 6.20 Å². The van der Waals surface area contributed by atoms with E-state index in [0.717, 1.165) is 16.2 Å². The fraction of sp³-hybridized carbons (Fsp3) is 0.379. The summed E-state index contributed by atoms with van der Waals surface area (Å²) in [5.41, 5.74) is 3.24. The summed E-state index contributed by atoms with van der Waals surface area (Å²) in [6, 6.07) is 13.5. The Morgan fingerprint density at radius 1 is 1.15 bits per heavy atom. The van der Waals surface area contributed by atoms with E-state index < -0.39 is 18.1 Å². The fourth-order valence-electron chi connectivity index (χ4n) is 5.91. The second kappa shape index (κ2) is 8.76. The highest BCUT2D eigenvalue weighted by Crippen LogP contribution is 2.43. The lowest BCUT2D eigenvalue weighted by atomic mass is 9.92. The van der Waals surface area contributed by atoms with Crippen LogP contribution in [-0.4, -0.2) is 67.1 Å². The third kappa shape index (κ3) is 3.88. The van der Waals surface area contributed by atoms with Crippen LogP contribution in [0.2, 0.25) is 0 Å².